The van der Waals surface area contributed by atoms with Crippen LogP contribution in [0.15, 0.2) is 103 Å². The Bertz CT molecular complexity index is 1210. The van der Waals surface area contributed by atoms with E-state index >= 15 is 0 Å². The number of aryl methyl sites for hydroxylation is 1. The van der Waals surface area contributed by atoms with Crippen LogP contribution in [0, 0.1) is 6.92 Å². The lowest BCUT2D eigenvalue weighted by atomic mass is 9.96. The Balaban J connectivity index is 1.54. The lowest BCUT2D eigenvalue weighted by Crippen LogP contribution is -2.24. The third-order valence-electron chi connectivity index (χ3n) is 6.67. The average Bonchev–Trinajstić information content (AvgIpc) is 2.90. The van der Waals surface area contributed by atoms with Crippen LogP contribution in [0.5, 0.6) is 5.75 Å². The number of nitrogens with one attached hydrogen (secondary N) is 1. The summed E-state index contributed by atoms with van der Waals surface area (Å²) in [6.45, 7) is 9.26. The Morgan fingerprint density at radius 1 is 0.743 bits per heavy atom. The summed E-state index contributed by atoms with van der Waals surface area (Å²) in [7, 11) is 0.649. The Labute approximate surface area is 212 Å². The first-order valence-electron chi connectivity index (χ1n) is 12.5. The van der Waals surface area contributed by atoms with Crippen molar-refractivity contribution in [3.05, 3.63) is 131 Å². The van der Waals surface area contributed by atoms with E-state index in [9.17, 15) is 0 Å². The first-order chi connectivity index (χ1) is 17.1. The van der Waals surface area contributed by atoms with Gasteiger partial charge in [0.05, 0.1) is 0 Å². The second kappa shape index (κ2) is 12.2. The maximum atomic E-state index is 6.38. The van der Waals surface area contributed by atoms with Gasteiger partial charge in [-0.3, -0.25) is 0 Å². The van der Waals surface area contributed by atoms with E-state index in [1.165, 1.54) is 33.1 Å². The zero-order chi connectivity index (χ0) is 24.5. The van der Waals surface area contributed by atoms with Gasteiger partial charge in [0.15, 0.2) is 0 Å². The second-order valence-electron chi connectivity index (χ2n) is 9.28. The van der Waals surface area contributed by atoms with Gasteiger partial charge in [0, 0.05) is 23.8 Å². The molecule has 0 aliphatic heterocycles. The molecule has 2 unspecified atom stereocenters. The molecule has 3 heteroatoms. The highest BCUT2D eigenvalue weighted by Gasteiger charge is 2.30. The van der Waals surface area contributed by atoms with Crippen LogP contribution in [0.25, 0.3) is 0 Å². The molecule has 0 saturated heterocycles. The molecule has 35 heavy (non-hydrogen) atoms. The third kappa shape index (κ3) is 6.60. The van der Waals surface area contributed by atoms with Crippen LogP contribution in [0.2, 0.25) is 0 Å². The van der Waals surface area contributed by atoms with Crippen molar-refractivity contribution in [2.75, 3.05) is 0 Å². The summed E-state index contributed by atoms with van der Waals surface area (Å²) >= 11 is 0. The fourth-order valence-electron chi connectivity index (χ4n) is 4.40. The molecule has 2 atom stereocenters. The van der Waals surface area contributed by atoms with Crippen molar-refractivity contribution >= 4 is 13.9 Å². The van der Waals surface area contributed by atoms with Gasteiger partial charge in [-0.05, 0) is 47.0 Å². The highest BCUT2D eigenvalue weighted by molar-refractivity contribution is 7.48. The fourth-order valence-corrected chi connectivity index (χ4v) is 6.08. The Morgan fingerprint density at radius 2 is 1.40 bits per heavy atom. The van der Waals surface area contributed by atoms with Gasteiger partial charge in [0.25, 0.3) is 0 Å². The molecule has 2 nitrogen and oxygen atoms in total. The molecule has 4 aromatic rings. The Kier molecular flexibility index (Phi) is 8.74. The molecule has 0 saturated carbocycles. The standard InChI is InChI=1S/C32H36NOP/c1-4-32(3,29-20-11-12-21-30(29)34-24-27-17-9-6-10-18-27)35-31-25(2)14-13-19-28(31)23-33-22-26-15-7-5-8-16-26/h5-21,33,35H,4,22-24H2,1-3H3. The van der Waals surface area contributed by atoms with Crippen molar-refractivity contribution in [1.29, 1.82) is 0 Å². The van der Waals surface area contributed by atoms with Gasteiger partial charge in [-0.15, -0.1) is 0 Å². The van der Waals surface area contributed by atoms with Crippen molar-refractivity contribution < 1.29 is 4.74 Å². The number of benzene rings is 4. The van der Waals surface area contributed by atoms with Crippen molar-refractivity contribution in [3.63, 3.8) is 0 Å². The van der Waals surface area contributed by atoms with E-state index in [1.807, 2.05) is 6.07 Å². The van der Waals surface area contributed by atoms with Crippen LogP contribution in [-0.4, -0.2) is 0 Å². The second-order valence-corrected chi connectivity index (χ2v) is 11.1. The van der Waals surface area contributed by atoms with E-state index in [1.54, 1.807) is 0 Å². The van der Waals surface area contributed by atoms with Gasteiger partial charge in [-0.1, -0.05) is 119 Å². The Morgan fingerprint density at radius 3 is 2.11 bits per heavy atom. The summed E-state index contributed by atoms with van der Waals surface area (Å²) < 4.78 is 6.38. The van der Waals surface area contributed by atoms with Gasteiger partial charge < -0.3 is 10.1 Å². The van der Waals surface area contributed by atoms with Crippen LogP contribution in [0.1, 0.15) is 48.1 Å². The maximum Gasteiger partial charge on any atom is 0.123 e. The summed E-state index contributed by atoms with van der Waals surface area (Å²) in [4.78, 5) is 0. The third-order valence-corrected chi connectivity index (χ3v) is 8.81. The molecular weight excluding hydrogens is 445 g/mol. The number of hydrogen-bond acceptors (Lipinski definition) is 2. The molecule has 1 N–H and O–H groups in total. The molecule has 180 valence electrons. The first-order valence-corrected chi connectivity index (χ1v) is 13.5. The van der Waals surface area contributed by atoms with Crippen LogP contribution in [0.4, 0.5) is 0 Å². The SMILES string of the molecule is CCC(C)(Pc1c(C)cccc1CNCc1ccccc1)c1ccccc1OCc1ccccc1. The van der Waals surface area contributed by atoms with Gasteiger partial charge in [-0.25, -0.2) is 0 Å². The van der Waals surface area contributed by atoms with Crippen molar-refractivity contribution in [2.45, 2.75) is 52.0 Å². The molecule has 0 spiro atoms. The van der Waals surface area contributed by atoms with E-state index in [0.29, 0.717) is 15.2 Å². The smallest absolute Gasteiger partial charge is 0.123 e. The van der Waals surface area contributed by atoms with Crippen molar-refractivity contribution in [1.82, 2.24) is 5.32 Å². The summed E-state index contributed by atoms with van der Waals surface area (Å²) in [5.74, 6) is 0.991. The van der Waals surface area contributed by atoms with Crippen molar-refractivity contribution in [3.8, 4) is 5.75 Å². The number of hydrogen-bond donors (Lipinski definition) is 1. The van der Waals surface area contributed by atoms with Gasteiger partial charge in [-0.2, -0.15) is 0 Å². The summed E-state index contributed by atoms with van der Waals surface area (Å²) in [6, 6.07) is 36.3. The molecule has 0 aliphatic carbocycles. The molecule has 0 amide bonds. The molecule has 0 aliphatic rings. The van der Waals surface area contributed by atoms with Gasteiger partial charge >= 0.3 is 0 Å². The monoisotopic (exact) mass is 481 g/mol. The molecule has 0 aromatic heterocycles. The topological polar surface area (TPSA) is 21.3 Å². The van der Waals surface area contributed by atoms with E-state index in [-0.39, 0.29) is 5.16 Å². The minimum atomic E-state index is -0.00637. The predicted octanol–water partition coefficient (Wildman–Crippen LogP) is 7.49. The van der Waals surface area contributed by atoms with Crippen LogP contribution in [-0.2, 0) is 24.9 Å². The zero-order valence-corrected chi connectivity index (χ0v) is 22.1. The average molecular weight is 482 g/mol. The fraction of sp³-hybridized carbons (Fsp3) is 0.250. The summed E-state index contributed by atoms with van der Waals surface area (Å²) in [5.41, 5.74) is 6.55. The molecule has 0 fully saturated rings. The normalized spacial score (nSPS) is 13.1. The predicted molar refractivity (Wildman–Crippen MR) is 151 cm³/mol. The van der Waals surface area contributed by atoms with E-state index < -0.39 is 0 Å². The molecule has 0 radical (unpaired) electrons. The Hall–Kier alpha value is -2.93. The quantitative estimate of drug-likeness (QED) is 0.224. The minimum absolute atomic E-state index is 0.00637. The summed E-state index contributed by atoms with van der Waals surface area (Å²) in [5, 5.41) is 5.12. The zero-order valence-electron chi connectivity index (χ0n) is 21.1. The molecule has 4 aromatic carbocycles. The van der Waals surface area contributed by atoms with Crippen LogP contribution in [0.3, 0.4) is 0 Å². The largest absolute Gasteiger partial charge is 0.489 e. The maximum absolute atomic E-state index is 6.38. The van der Waals surface area contributed by atoms with Gasteiger partial charge in [0.2, 0.25) is 0 Å². The summed E-state index contributed by atoms with van der Waals surface area (Å²) in [6.07, 6.45) is 1.04. The molecule has 4 rings (SSSR count). The van der Waals surface area contributed by atoms with Crippen molar-refractivity contribution in [2.24, 2.45) is 0 Å². The highest BCUT2D eigenvalue weighted by Crippen LogP contribution is 2.48. The minimum Gasteiger partial charge on any atom is -0.489 e. The lowest BCUT2D eigenvalue weighted by molar-refractivity contribution is 0.300. The first kappa shape index (κ1) is 25.2. The number of ether oxygens (including phenoxy) is 1. The van der Waals surface area contributed by atoms with E-state index in [0.717, 1.165) is 25.3 Å². The van der Waals surface area contributed by atoms with Crippen LogP contribution >= 0.6 is 8.58 Å². The number of rotatable bonds is 11. The van der Waals surface area contributed by atoms with E-state index in [2.05, 4.69) is 123 Å². The number of para-hydroxylation sites is 1. The van der Waals surface area contributed by atoms with E-state index in [4.69, 9.17) is 4.74 Å². The highest BCUT2D eigenvalue weighted by atomic mass is 31.1. The van der Waals surface area contributed by atoms with Gasteiger partial charge in [0.1, 0.15) is 12.4 Å². The molecule has 0 bridgehead atoms. The molecule has 0 heterocycles. The lowest BCUT2D eigenvalue weighted by Gasteiger charge is -2.32. The van der Waals surface area contributed by atoms with Crippen LogP contribution < -0.4 is 15.4 Å². The molecular formula is C32H36NOP.